The highest BCUT2D eigenvalue weighted by Crippen LogP contribution is 2.47. The number of phenols is 1. The topological polar surface area (TPSA) is 79.3 Å². The average molecular weight is 382 g/mol. The van der Waals surface area contributed by atoms with Crippen LogP contribution in [0.5, 0.6) is 11.5 Å². The Morgan fingerprint density at radius 1 is 1.11 bits per heavy atom. The number of anilines is 1. The third-order valence-electron chi connectivity index (χ3n) is 5.21. The Kier molecular flexibility index (Phi) is 4.68. The molecule has 28 heavy (non-hydrogen) atoms. The number of rotatable bonds is 5. The van der Waals surface area contributed by atoms with Gasteiger partial charge in [-0.05, 0) is 36.2 Å². The number of imide groups is 1. The molecule has 2 fully saturated rings. The van der Waals surface area contributed by atoms with Crippen LogP contribution in [-0.4, -0.2) is 41.6 Å². The van der Waals surface area contributed by atoms with Gasteiger partial charge in [-0.25, -0.2) is 5.06 Å². The maximum Gasteiger partial charge on any atom is 0.261 e. The molecule has 0 spiro atoms. The molecule has 2 aromatic carbocycles. The molecule has 0 bridgehead atoms. The van der Waals surface area contributed by atoms with Crippen LogP contribution >= 0.6 is 0 Å². The summed E-state index contributed by atoms with van der Waals surface area (Å²) in [4.78, 5) is 33.2. The van der Waals surface area contributed by atoms with E-state index < -0.39 is 18.1 Å². The zero-order valence-corrected chi connectivity index (χ0v) is 15.7. The van der Waals surface area contributed by atoms with Crippen molar-refractivity contribution in [3.05, 3.63) is 54.1 Å². The summed E-state index contributed by atoms with van der Waals surface area (Å²) < 4.78 is 5.23. The molecular weight excluding hydrogens is 360 g/mol. The Bertz CT molecular complexity index is 901. The Morgan fingerprint density at radius 3 is 2.54 bits per heavy atom. The van der Waals surface area contributed by atoms with Gasteiger partial charge in [0.05, 0.1) is 18.8 Å². The number of hydrogen-bond donors (Lipinski definition) is 1. The van der Waals surface area contributed by atoms with Crippen molar-refractivity contribution in [3.8, 4) is 11.5 Å². The van der Waals surface area contributed by atoms with E-state index in [9.17, 15) is 14.7 Å². The number of amides is 2. The molecule has 2 aliphatic heterocycles. The molecule has 7 nitrogen and oxygen atoms in total. The fourth-order valence-corrected chi connectivity index (χ4v) is 3.93. The number of benzene rings is 2. The van der Waals surface area contributed by atoms with Crippen molar-refractivity contribution in [3.63, 3.8) is 0 Å². The summed E-state index contributed by atoms with van der Waals surface area (Å²) in [5, 5.41) is 11.6. The second-order valence-electron chi connectivity index (χ2n) is 6.92. The van der Waals surface area contributed by atoms with Gasteiger partial charge < -0.3 is 9.84 Å². The minimum absolute atomic E-state index is 0.00871. The molecule has 4 rings (SSSR count). The van der Waals surface area contributed by atoms with Crippen molar-refractivity contribution >= 4 is 17.5 Å². The van der Waals surface area contributed by atoms with E-state index in [1.54, 1.807) is 17.2 Å². The summed E-state index contributed by atoms with van der Waals surface area (Å²) in [6.07, 6.45) is -0.166. The van der Waals surface area contributed by atoms with E-state index in [0.29, 0.717) is 18.7 Å². The standard InChI is InChI=1S/C21H22N2O5/c1-3-11-22-20(25)17-18(13-9-10-15(24)16(12-13)27-2)23(28-19(17)21(22)26)14-7-5-4-6-8-14/h4-10,12,17-19,24H,3,11H2,1-2H3/t17-,18+,19-/m1/s1. The molecule has 0 unspecified atom stereocenters. The maximum atomic E-state index is 13.1. The lowest BCUT2D eigenvalue weighted by atomic mass is 9.90. The molecule has 0 aromatic heterocycles. The summed E-state index contributed by atoms with van der Waals surface area (Å²) >= 11 is 0. The molecule has 2 aromatic rings. The van der Waals surface area contributed by atoms with Crippen molar-refractivity contribution in [1.82, 2.24) is 4.90 Å². The first-order chi connectivity index (χ1) is 13.6. The van der Waals surface area contributed by atoms with Gasteiger partial charge in [0, 0.05) is 6.54 Å². The van der Waals surface area contributed by atoms with Gasteiger partial charge in [0.25, 0.3) is 5.91 Å². The van der Waals surface area contributed by atoms with E-state index in [4.69, 9.17) is 9.57 Å². The normalized spacial score (nSPS) is 24.0. The second-order valence-corrected chi connectivity index (χ2v) is 6.92. The molecule has 2 heterocycles. The van der Waals surface area contributed by atoms with E-state index in [1.807, 2.05) is 37.3 Å². The van der Waals surface area contributed by atoms with Crippen molar-refractivity contribution in [2.45, 2.75) is 25.5 Å². The average Bonchev–Trinajstić information content (AvgIpc) is 3.21. The van der Waals surface area contributed by atoms with Gasteiger partial charge in [0.1, 0.15) is 5.92 Å². The van der Waals surface area contributed by atoms with Crippen LogP contribution in [0.4, 0.5) is 5.69 Å². The summed E-state index contributed by atoms with van der Waals surface area (Å²) in [5.74, 6) is -0.877. The Hall–Kier alpha value is -3.06. The Balaban J connectivity index is 1.80. The molecule has 0 saturated carbocycles. The van der Waals surface area contributed by atoms with Crippen molar-refractivity contribution < 1.29 is 24.3 Å². The summed E-state index contributed by atoms with van der Waals surface area (Å²) in [5.41, 5.74) is 1.47. The van der Waals surface area contributed by atoms with Gasteiger partial charge in [-0.2, -0.15) is 0 Å². The number of aromatic hydroxyl groups is 1. The van der Waals surface area contributed by atoms with E-state index in [1.165, 1.54) is 18.1 Å². The first-order valence-electron chi connectivity index (χ1n) is 9.30. The molecule has 0 radical (unpaired) electrons. The molecular formula is C21H22N2O5. The fraction of sp³-hybridized carbons (Fsp3) is 0.333. The number of hydroxylamine groups is 1. The SMILES string of the molecule is CCCN1C(=O)[C@H]2[C@@H](ON(c3ccccc3)[C@H]2c2ccc(O)c(OC)c2)C1=O. The number of phenolic OH excluding ortho intramolecular Hbond substituents is 1. The first-order valence-corrected chi connectivity index (χ1v) is 9.30. The highest BCUT2D eigenvalue weighted by atomic mass is 16.7. The number of carbonyl (C=O) groups is 2. The number of carbonyl (C=O) groups excluding carboxylic acids is 2. The molecule has 3 atom stereocenters. The van der Waals surface area contributed by atoms with Crippen molar-refractivity contribution in [2.24, 2.45) is 5.92 Å². The summed E-state index contributed by atoms with van der Waals surface area (Å²) in [6, 6.07) is 13.8. The number of likely N-dealkylation sites (tertiary alicyclic amines) is 1. The molecule has 2 saturated heterocycles. The number of methoxy groups -OCH3 is 1. The van der Waals surface area contributed by atoms with Gasteiger partial charge in [0.2, 0.25) is 5.91 Å². The molecule has 2 amide bonds. The van der Waals surface area contributed by atoms with Crippen LogP contribution in [0, 0.1) is 5.92 Å². The largest absolute Gasteiger partial charge is 0.504 e. The van der Waals surface area contributed by atoms with Crippen LogP contribution < -0.4 is 9.80 Å². The fourth-order valence-electron chi connectivity index (χ4n) is 3.93. The van der Waals surface area contributed by atoms with Gasteiger partial charge in [-0.15, -0.1) is 0 Å². The van der Waals surface area contributed by atoms with Gasteiger partial charge in [-0.1, -0.05) is 31.2 Å². The van der Waals surface area contributed by atoms with Gasteiger partial charge in [0.15, 0.2) is 17.6 Å². The molecule has 146 valence electrons. The zero-order valence-electron chi connectivity index (χ0n) is 15.7. The van der Waals surface area contributed by atoms with Crippen LogP contribution in [0.15, 0.2) is 48.5 Å². The predicted molar refractivity (Wildman–Crippen MR) is 102 cm³/mol. The van der Waals surface area contributed by atoms with Crippen molar-refractivity contribution in [1.29, 1.82) is 0 Å². The number of ether oxygens (including phenoxy) is 1. The van der Waals surface area contributed by atoms with E-state index in [0.717, 1.165) is 11.3 Å². The van der Waals surface area contributed by atoms with Crippen LogP contribution in [0.3, 0.4) is 0 Å². The zero-order chi connectivity index (χ0) is 19.8. The molecule has 1 N–H and O–H groups in total. The monoisotopic (exact) mass is 382 g/mol. The minimum Gasteiger partial charge on any atom is -0.504 e. The van der Waals surface area contributed by atoms with E-state index in [2.05, 4.69) is 0 Å². The Morgan fingerprint density at radius 2 is 1.86 bits per heavy atom. The van der Waals surface area contributed by atoms with Gasteiger partial charge in [-0.3, -0.25) is 19.3 Å². The number of hydrogen-bond acceptors (Lipinski definition) is 6. The third kappa shape index (κ3) is 2.79. The lowest BCUT2D eigenvalue weighted by molar-refractivity contribution is -0.143. The maximum absolute atomic E-state index is 13.1. The molecule has 7 heteroatoms. The van der Waals surface area contributed by atoms with Crippen molar-refractivity contribution in [2.75, 3.05) is 18.7 Å². The third-order valence-corrected chi connectivity index (χ3v) is 5.21. The predicted octanol–water partition coefficient (Wildman–Crippen LogP) is 2.66. The molecule has 0 aliphatic carbocycles. The number of nitrogens with zero attached hydrogens (tertiary/aromatic N) is 2. The minimum atomic E-state index is -0.857. The highest BCUT2D eigenvalue weighted by Gasteiger charge is 2.59. The second kappa shape index (κ2) is 7.16. The van der Waals surface area contributed by atoms with Crippen LogP contribution in [0.2, 0.25) is 0 Å². The summed E-state index contributed by atoms with van der Waals surface area (Å²) in [6.45, 7) is 2.30. The Labute approximate surface area is 163 Å². The lowest BCUT2D eigenvalue weighted by Crippen LogP contribution is -2.37. The van der Waals surface area contributed by atoms with Crippen LogP contribution in [0.1, 0.15) is 24.9 Å². The lowest BCUT2D eigenvalue weighted by Gasteiger charge is -2.29. The van der Waals surface area contributed by atoms with E-state index >= 15 is 0 Å². The number of fused-ring (bicyclic) bond motifs is 1. The van der Waals surface area contributed by atoms with Gasteiger partial charge >= 0.3 is 0 Å². The quantitative estimate of drug-likeness (QED) is 0.801. The summed E-state index contributed by atoms with van der Waals surface area (Å²) in [7, 11) is 1.47. The first kappa shape index (κ1) is 18.3. The van der Waals surface area contributed by atoms with E-state index in [-0.39, 0.29) is 17.6 Å². The highest BCUT2D eigenvalue weighted by molar-refractivity contribution is 6.07. The van der Waals surface area contributed by atoms with Crippen LogP contribution in [-0.2, 0) is 14.4 Å². The smallest absolute Gasteiger partial charge is 0.261 e. The molecule has 2 aliphatic rings. The number of para-hydroxylation sites is 1. The van der Waals surface area contributed by atoms with Crippen LogP contribution in [0.25, 0.3) is 0 Å².